The number of nitrogens with one attached hydrogen (secondary N) is 2. The van der Waals surface area contributed by atoms with Gasteiger partial charge in [-0.25, -0.2) is 14.8 Å². The largest absolute Gasteiger partial charge is 0.460 e. The topological polar surface area (TPSA) is 123 Å². The first-order chi connectivity index (χ1) is 12.5. The van der Waals surface area contributed by atoms with E-state index < -0.39 is 11.9 Å². The van der Waals surface area contributed by atoms with Crippen molar-refractivity contribution in [2.75, 3.05) is 17.2 Å². The molecule has 0 fully saturated rings. The van der Waals surface area contributed by atoms with Crippen molar-refractivity contribution < 1.29 is 23.5 Å². The molecule has 0 aliphatic rings. The summed E-state index contributed by atoms with van der Waals surface area (Å²) in [7, 11) is 0. The fourth-order valence-corrected chi connectivity index (χ4v) is 2.90. The summed E-state index contributed by atoms with van der Waals surface area (Å²) in [5.74, 6) is -1.71. The van der Waals surface area contributed by atoms with Crippen molar-refractivity contribution >= 4 is 51.0 Å². The molecule has 0 bridgehead atoms. The van der Waals surface area contributed by atoms with Gasteiger partial charge in [0.15, 0.2) is 5.13 Å². The van der Waals surface area contributed by atoms with Crippen LogP contribution in [0.3, 0.4) is 0 Å². The molecular formula is C16H14N4O5S. The van der Waals surface area contributed by atoms with Gasteiger partial charge >= 0.3 is 5.97 Å². The third-order valence-electron chi connectivity index (χ3n) is 3.19. The van der Waals surface area contributed by atoms with Crippen LogP contribution < -0.4 is 10.6 Å². The lowest BCUT2D eigenvalue weighted by atomic mass is 10.2. The van der Waals surface area contributed by atoms with Crippen LogP contribution in [0.5, 0.6) is 0 Å². The van der Waals surface area contributed by atoms with Gasteiger partial charge in [-0.1, -0.05) is 0 Å². The number of fused-ring (bicyclic) bond motifs is 1. The Balaban J connectivity index is 1.93. The van der Waals surface area contributed by atoms with E-state index in [0.29, 0.717) is 10.5 Å². The number of nitrogens with zero attached hydrogens (tertiary/aromatic N) is 2. The van der Waals surface area contributed by atoms with Crippen molar-refractivity contribution in [1.29, 1.82) is 0 Å². The number of pyridine rings is 1. The zero-order valence-electron chi connectivity index (χ0n) is 13.9. The second kappa shape index (κ2) is 7.31. The molecule has 26 heavy (non-hydrogen) atoms. The smallest absolute Gasteiger partial charge is 0.376 e. The number of amides is 2. The van der Waals surface area contributed by atoms with Crippen LogP contribution in [0.4, 0.5) is 10.8 Å². The quantitative estimate of drug-likeness (QED) is 0.658. The second-order valence-electron chi connectivity index (χ2n) is 5.06. The molecule has 0 radical (unpaired) electrons. The molecular weight excluding hydrogens is 360 g/mol. The molecule has 0 aromatic carbocycles. The maximum Gasteiger partial charge on any atom is 0.376 e. The molecule has 9 nitrogen and oxygen atoms in total. The summed E-state index contributed by atoms with van der Waals surface area (Å²) in [4.78, 5) is 43.7. The zero-order valence-corrected chi connectivity index (χ0v) is 14.7. The van der Waals surface area contributed by atoms with Crippen molar-refractivity contribution in [2.24, 2.45) is 0 Å². The number of aromatic nitrogens is 2. The lowest BCUT2D eigenvalue weighted by Gasteiger charge is -2.04. The Kier molecular flexibility index (Phi) is 4.94. The zero-order chi connectivity index (χ0) is 18.7. The lowest BCUT2D eigenvalue weighted by molar-refractivity contribution is -0.114. The molecule has 0 atom stereocenters. The number of thiazole rings is 1. The molecule has 134 valence electrons. The van der Waals surface area contributed by atoms with Crippen molar-refractivity contribution in [1.82, 2.24) is 9.97 Å². The van der Waals surface area contributed by atoms with Crippen LogP contribution >= 0.6 is 11.3 Å². The summed E-state index contributed by atoms with van der Waals surface area (Å²) in [5.41, 5.74) is 0.445. The number of ether oxygens (including phenoxy) is 1. The fourth-order valence-electron chi connectivity index (χ4n) is 2.16. The molecule has 2 amide bonds. The van der Waals surface area contributed by atoms with Gasteiger partial charge in [0, 0.05) is 18.5 Å². The molecule has 0 saturated carbocycles. The predicted molar refractivity (Wildman–Crippen MR) is 94.3 cm³/mol. The highest BCUT2D eigenvalue weighted by molar-refractivity contribution is 7.14. The van der Waals surface area contributed by atoms with Crippen LogP contribution in [0.2, 0.25) is 0 Å². The number of rotatable bonds is 5. The number of furan rings is 1. The first-order valence-corrected chi connectivity index (χ1v) is 8.46. The number of hydrogen-bond donors (Lipinski definition) is 2. The van der Waals surface area contributed by atoms with Crippen LogP contribution in [0.25, 0.3) is 11.1 Å². The van der Waals surface area contributed by atoms with Crippen LogP contribution in [-0.4, -0.2) is 34.4 Å². The van der Waals surface area contributed by atoms with Gasteiger partial charge in [-0.2, -0.15) is 0 Å². The number of carbonyl (C=O) groups excluding carboxylic acids is 3. The summed E-state index contributed by atoms with van der Waals surface area (Å²) in [5, 5.41) is 7.36. The minimum atomic E-state index is -0.710. The highest BCUT2D eigenvalue weighted by atomic mass is 32.1. The van der Waals surface area contributed by atoms with E-state index in [1.807, 2.05) is 0 Å². The Morgan fingerprint density at radius 1 is 1.31 bits per heavy atom. The first-order valence-electron chi connectivity index (χ1n) is 7.58. The standard InChI is InChI=1S/C16H14N4O5S/c1-3-24-15(23)12-11(9-5-4-6-17-14(9)25-12)20-13(22)10-7-26-16(19-10)18-8(2)21/h4-7H,3H2,1-2H3,(H,20,22)(H,18,19,21). The number of esters is 1. The molecule has 0 spiro atoms. The predicted octanol–water partition coefficient (Wildman–Crippen LogP) is 2.67. The Hall–Kier alpha value is -3.27. The van der Waals surface area contributed by atoms with Gasteiger partial charge in [0.25, 0.3) is 5.91 Å². The second-order valence-corrected chi connectivity index (χ2v) is 5.91. The minimum Gasteiger partial charge on any atom is -0.460 e. The van der Waals surface area contributed by atoms with E-state index in [1.165, 1.54) is 18.5 Å². The molecule has 3 aromatic rings. The Morgan fingerprint density at radius 3 is 2.85 bits per heavy atom. The van der Waals surface area contributed by atoms with Gasteiger partial charge in [-0.15, -0.1) is 11.3 Å². The Labute approximate surface area is 151 Å². The van der Waals surface area contributed by atoms with E-state index in [-0.39, 0.29) is 35.4 Å². The van der Waals surface area contributed by atoms with Crippen molar-refractivity contribution in [3.05, 3.63) is 35.2 Å². The Bertz CT molecular complexity index is 994. The van der Waals surface area contributed by atoms with Crippen LogP contribution in [0, 0.1) is 0 Å². The van der Waals surface area contributed by atoms with Gasteiger partial charge < -0.3 is 19.8 Å². The van der Waals surface area contributed by atoms with E-state index in [0.717, 1.165) is 11.3 Å². The lowest BCUT2D eigenvalue weighted by Crippen LogP contribution is -2.15. The molecule has 3 aromatic heterocycles. The Morgan fingerprint density at radius 2 is 2.12 bits per heavy atom. The van der Waals surface area contributed by atoms with Gasteiger partial charge in [0.2, 0.25) is 17.4 Å². The summed E-state index contributed by atoms with van der Waals surface area (Å²) in [6.07, 6.45) is 1.51. The fraction of sp³-hybridized carbons (Fsp3) is 0.188. The average Bonchev–Trinajstić information content (AvgIpc) is 3.20. The minimum absolute atomic E-state index is 0.0896. The normalized spacial score (nSPS) is 10.5. The van der Waals surface area contributed by atoms with Crippen LogP contribution in [-0.2, 0) is 9.53 Å². The molecule has 0 saturated heterocycles. The molecule has 0 unspecified atom stereocenters. The third kappa shape index (κ3) is 3.54. The monoisotopic (exact) mass is 374 g/mol. The van der Waals surface area contributed by atoms with E-state index in [4.69, 9.17) is 9.15 Å². The van der Waals surface area contributed by atoms with Crippen LogP contribution in [0.15, 0.2) is 28.1 Å². The molecule has 10 heteroatoms. The summed E-state index contributed by atoms with van der Waals surface area (Å²) in [6.45, 7) is 3.16. The van der Waals surface area contributed by atoms with E-state index in [2.05, 4.69) is 20.6 Å². The summed E-state index contributed by atoms with van der Waals surface area (Å²) >= 11 is 1.11. The molecule has 3 rings (SSSR count). The molecule has 3 heterocycles. The maximum absolute atomic E-state index is 12.5. The average molecular weight is 374 g/mol. The van der Waals surface area contributed by atoms with Gasteiger partial charge in [0.1, 0.15) is 11.4 Å². The molecule has 0 aliphatic carbocycles. The molecule has 0 aliphatic heterocycles. The summed E-state index contributed by atoms with van der Waals surface area (Å²) < 4.78 is 10.4. The van der Waals surface area contributed by atoms with Crippen molar-refractivity contribution in [3.8, 4) is 0 Å². The van der Waals surface area contributed by atoms with E-state index in [9.17, 15) is 14.4 Å². The van der Waals surface area contributed by atoms with Crippen molar-refractivity contribution in [2.45, 2.75) is 13.8 Å². The van der Waals surface area contributed by atoms with Gasteiger partial charge in [-0.05, 0) is 19.1 Å². The number of carbonyl (C=O) groups is 3. The van der Waals surface area contributed by atoms with E-state index >= 15 is 0 Å². The number of anilines is 2. The van der Waals surface area contributed by atoms with Gasteiger partial charge in [-0.3, -0.25) is 9.59 Å². The summed E-state index contributed by atoms with van der Waals surface area (Å²) in [6, 6.07) is 3.31. The number of hydrogen-bond acceptors (Lipinski definition) is 8. The van der Waals surface area contributed by atoms with Gasteiger partial charge in [0.05, 0.1) is 12.0 Å². The van der Waals surface area contributed by atoms with Crippen molar-refractivity contribution in [3.63, 3.8) is 0 Å². The maximum atomic E-state index is 12.5. The highest BCUT2D eigenvalue weighted by Gasteiger charge is 2.25. The highest BCUT2D eigenvalue weighted by Crippen LogP contribution is 2.30. The first kappa shape index (κ1) is 17.5. The van der Waals surface area contributed by atoms with E-state index in [1.54, 1.807) is 19.1 Å². The van der Waals surface area contributed by atoms with Crippen LogP contribution in [0.1, 0.15) is 34.9 Å². The molecule has 2 N–H and O–H groups in total. The third-order valence-corrected chi connectivity index (χ3v) is 3.94. The SMILES string of the molecule is CCOC(=O)c1oc2ncccc2c1NC(=O)c1csc(NC(C)=O)n1.